The summed E-state index contributed by atoms with van der Waals surface area (Å²) >= 11 is 5.12. The monoisotopic (exact) mass is 304 g/mol. The Balaban J connectivity index is 1.86. The number of thiocarbonyl (C=S) groups is 1. The maximum atomic E-state index is 13.4. The number of hydrogen-bond acceptors (Lipinski definition) is 2. The van der Waals surface area contributed by atoms with Crippen LogP contribution in [0.1, 0.15) is 17.2 Å². The summed E-state index contributed by atoms with van der Waals surface area (Å²) < 4.78 is 13.4. The molecular formula is C16H17FN2OS. The molecule has 3 nitrogen and oxygen atoms in total. The number of anilines is 1. The van der Waals surface area contributed by atoms with Crippen molar-refractivity contribution in [3.8, 4) is 0 Å². The Kier molecular flexibility index (Phi) is 5.25. The van der Waals surface area contributed by atoms with E-state index in [1.165, 1.54) is 6.07 Å². The van der Waals surface area contributed by atoms with E-state index in [9.17, 15) is 9.50 Å². The highest BCUT2D eigenvalue weighted by atomic mass is 32.1. The summed E-state index contributed by atoms with van der Waals surface area (Å²) in [6.45, 7) is 1.98. The number of aryl methyl sites for hydroxylation is 1. The van der Waals surface area contributed by atoms with Gasteiger partial charge in [-0.25, -0.2) is 4.39 Å². The summed E-state index contributed by atoms with van der Waals surface area (Å²) in [6, 6.07) is 14.1. The zero-order valence-corrected chi connectivity index (χ0v) is 12.5. The van der Waals surface area contributed by atoms with E-state index in [2.05, 4.69) is 10.6 Å². The van der Waals surface area contributed by atoms with Crippen LogP contribution in [0.5, 0.6) is 0 Å². The van der Waals surface area contributed by atoms with Crippen molar-refractivity contribution in [2.24, 2.45) is 0 Å². The lowest BCUT2D eigenvalue weighted by Gasteiger charge is -2.15. The molecule has 110 valence electrons. The molecule has 0 aromatic heterocycles. The standard InChI is InChI=1S/C16H17FN2OS/c1-11-7-8-13(9-14(11)17)19-16(21)18-10-15(20)12-5-3-2-4-6-12/h2-9,15,20H,10H2,1H3,(H2,18,19,21)/t15-/m0/s1. The van der Waals surface area contributed by atoms with Gasteiger partial charge >= 0.3 is 0 Å². The Labute approximate surface area is 128 Å². The van der Waals surface area contributed by atoms with Crippen molar-refractivity contribution in [2.45, 2.75) is 13.0 Å². The average Bonchev–Trinajstić information content (AvgIpc) is 2.49. The summed E-state index contributed by atoms with van der Waals surface area (Å²) in [5.41, 5.74) is 1.97. The Morgan fingerprint density at radius 3 is 2.62 bits per heavy atom. The first-order valence-electron chi connectivity index (χ1n) is 6.60. The molecule has 2 rings (SSSR count). The van der Waals surface area contributed by atoms with Crippen molar-refractivity contribution in [1.82, 2.24) is 5.32 Å². The van der Waals surface area contributed by atoms with Crippen LogP contribution in [0, 0.1) is 12.7 Å². The quantitative estimate of drug-likeness (QED) is 0.759. The number of nitrogens with one attached hydrogen (secondary N) is 2. The lowest BCUT2D eigenvalue weighted by Crippen LogP contribution is -2.32. The van der Waals surface area contributed by atoms with Crippen molar-refractivity contribution in [2.75, 3.05) is 11.9 Å². The van der Waals surface area contributed by atoms with Crippen molar-refractivity contribution >= 4 is 23.0 Å². The summed E-state index contributed by atoms with van der Waals surface area (Å²) in [5, 5.41) is 16.1. The van der Waals surface area contributed by atoms with Crippen LogP contribution in [-0.4, -0.2) is 16.8 Å². The number of rotatable bonds is 4. The molecule has 0 spiro atoms. The molecule has 5 heteroatoms. The van der Waals surface area contributed by atoms with Gasteiger partial charge in [0.2, 0.25) is 0 Å². The summed E-state index contributed by atoms with van der Waals surface area (Å²) in [4.78, 5) is 0. The van der Waals surface area contributed by atoms with Gasteiger partial charge in [-0.2, -0.15) is 0 Å². The molecule has 0 amide bonds. The molecule has 1 atom stereocenters. The zero-order chi connectivity index (χ0) is 15.2. The van der Waals surface area contributed by atoms with E-state index in [4.69, 9.17) is 12.2 Å². The van der Waals surface area contributed by atoms with Crippen LogP contribution in [0.4, 0.5) is 10.1 Å². The molecule has 3 N–H and O–H groups in total. The van der Waals surface area contributed by atoms with E-state index in [0.29, 0.717) is 16.4 Å². The summed E-state index contributed by atoms with van der Waals surface area (Å²) in [5.74, 6) is -0.285. The van der Waals surface area contributed by atoms with Gasteiger partial charge in [-0.15, -0.1) is 0 Å². The number of aliphatic hydroxyl groups is 1. The maximum absolute atomic E-state index is 13.4. The van der Waals surface area contributed by atoms with E-state index >= 15 is 0 Å². The Hall–Kier alpha value is -1.98. The fraction of sp³-hybridized carbons (Fsp3) is 0.188. The molecule has 0 saturated carbocycles. The third-order valence-corrected chi connectivity index (χ3v) is 3.32. The van der Waals surface area contributed by atoms with E-state index in [1.807, 2.05) is 30.3 Å². The first-order chi connectivity index (χ1) is 10.1. The van der Waals surface area contributed by atoms with Crippen LogP contribution in [-0.2, 0) is 0 Å². The SMILES string of the molecule is Cc1ccc(NC(=S)NC[C@H](O)c2ccccc2)cc1F. The highest BCUT2D eigenvalue weighted by Crippen LogP contribution is 2.14. The molecule has 0 saturated heterocycles. The molecule has 0 heterocycles. The number of halogens is 1. The van der Waals surface area contributed by atoms with Gasteiger partial charge in [0.25, 0.3) is 0 Å². The normalized spacial score (nSPS) is 11.8. The van der Waals surface area contributed by atoms with E-state index in [1.54, 1.807) is 19.1 Å². The van der Waals surface area contributed by atoms with Crippen LogP contribution in [0.25, 0.3) is 0 Å². The molecule has 0 aliphatic carbocycles. The second kappa shape index (κ2) is 7.15. The average molecular weight is 304 g/mol. The molecule has 2 aromatic rings. The van der Waals surface area contributed by atoms with Gasteiger partial charge in [-0.1, -0.05) is 36.4 Å². The first kappa shape index (κ1) is 15.4. The van der Waals surface area contributed by atoms with Crippen molar-refractivity contribution < 1.29 is 9.50 Å². The third kappa shape index (κ3) is 4.51. The molecule has 0 aliphatic heterocycles. The molecule has 0 aliphatic rings. The molecule has 0 fully saturated rings. The lowest BCUT2D eigenvalue weighted by atomic mass is 10.1. The molecule has 0 radical (unpaired) electrons. The zero-order valence-electron chi connectivity index (χ0n) is 11.6. The smallest absolute Gasteiger partial charge is 0.170 e. The van der Waals surface area contributed by atoms with Crippen LogP contribution in [0.3, 0.4) is 0 Å². The summed E-state index contributed by atoms with van der Waals surface area (Å²) in [7, 11) is 0. The highest BCUT2D eigenvalue weighted by Gasteiger charge is 2.07. The minimum absolute atomic E-state index is 0.282. The number of benzene rings is 2. The van der Waals surface area contributed by atoms with E-state index in [-0.39, 0.29) is 12.4 Å². The van der Waals surface area contributed by atoms with Crippen molar-refractivity contribution in [1.29, 1.82) is 0 Å². The van der Waals surface area contributed by atoms with Crippen LogP contribution < -0.4 is 10.6 Å². The van der Waals surface area contributed by atoms with Crippen molar-refractivity contribution in [3.63, 3.8) is 0 Å². The molecule has 0 unspecified atom stereocenters. The Morgan fingerprint density at radius 1 is 1.24 bits per heavy atom. The largest absolute Gasteiger partial charge is 0.387 e. The van der Waals surface area contributed by atoms with Gasteiger partial charge in [0, 0.05) is 12.2 Å². The minimum atomic E-state index is -0.652. The van der Waals surface area contributed by atoms with Gasteiger partial charge in [0.05, 0.1) is 6.10 Å². The molecular weight excluding hydrogens is 287 g/mol. The number of hydrogen-bond donors (Lipinski definition) is 3. The molecule has 2 aromatic carbocycles. The third-order valence-electron chi connectivity index (χ3n) is 3.07. The van der Waals surface area contributed by atoms with Crippen molar-refractivity contribution in [3.05, 3.63) is 65.5 Å². The van der Waals surface area contributed by atoms with Crippen LogP contribution in [0.2, 0.25) is 0 Å². The summed E-state index contributed by atoms with van der Waals surface area (Å²) in [6.07, 6.45) is -0.652. The van der Waals surface area contributed by atoms with Crippen LogP contribution in [0.15, 0.2) is 48.5 Å². The Bertz CT molecular complexity index is 619. The predicted octanol–water partition coefficient (Wildman–Crippen LogP) is 3.15. The van der Waals surface area contributed by atoms with E-state index in [0.717, 1.165) is 5.56 Å². The maximum Gasteiger partial charge on any atom is 0.170 e. The van der Waals surface area contributed by atoms with Gasteiger partial charge in [0.15, 0.2) is 5.11 Å². The van der Waals surface area contributed by atoms with Crippen LogP contribution >= 0.6 is 12.2 Å². The fourth-order valence-electron chi connectivity index (χ4n) is 1.83. The van der Waals surface area contributed by atoms with Gasteiger partial charge in [-0.05, 0) is 42.4 Å². The predicted molar refractivity (Wildman–Crippen MR) is 86.8 cm³/mol. The first-order valence-corrected chi connectivity index (χ1v) is 7.01. The van der Waals surface area contributed by atoms with Gasteiger partial charge < -0.3 is 15.7 Å². The molecule has 21 heavy (non-hydrogen) atoms. The second-order valence-corrected chi connectivity index (χ2v) is 5.13. The highest BCUT2D eigenvalue weighted by molar-refractivity contribution is 7.80. The van der Waals surface area contributed by atoms with Gasteiger partial charge in [0.1, 0.15) is 5.82 Å². The topological polar surface area (TPSA) is 44.3 Å². The molecule has 0 bridgehead atoms. The fourth-order valence-corrected chi connectivity index (χ4v) is 2.03. The lowest BCUT2D eigenvalue weighted by molar-refractivity contribution is 0.181. The van der Waals surface area contributed by atoms with Gasteiger partial charge in [-0.3, -0.25) is 0 Å². The Morgan fingerprint density at radius 2 is 1.95 bits per heavy atom. The van der Waals surface area contributed by atoms with E-state index < -0.39 is 6.10 Å². The second-order valence-electron chi connectivity index (χ2n) is 4.73. The minimum Gasteiger partial charge on any atom is -0.387 e. The number of aliphatic hydroxyl groups excluding tert-OH is 1.